The first-order chi connectivity index (χ1) is 8.28. The van der Waals surface area contributed by atoms with Crippen molar-refractivity contribution < 1.29 is 4.74 Å². The molecule has 0 aliphatic heterocycles. The molecular weight excluding hydrogens is 216 g/mol. The summed E-state index contributed by atoms with van der Waals surface area (Å²) in [6.45, 7) is 2.42. The smallest absolute Gasteiger partial charge is 0.119 e. The fourth-order valence-corrected chi connectivity index (χ4v) is 1.46. The Labute approximate surface area is 99.2 Å². The Morgan fingerprint density at radius 1 is 1.24 bits per heavy atom. The molecule has 0 unspecified atom stereocenters. The second-order valence-electron chi connectivity index (χ2n) is 3.68. The van der Waals surface area contributed by atoms with Crippen LogP contribution >= 0.6 is 0 Å². The van der Waals surface area contributed by atoms with Gasteiger partial charge in [-0.1, -0.05) is 0 Å². The molecular formula is C13H12N2O2. The molecule has 0 N–H and O–H groups in total. The molecule has 0 saturated carbocycles. The molecule has 0 radical (unpaired) electrons. The lowest BCUT2D eigenvalue weighted by molar-refractivity contribution is 0.306. The Morgan fingerprint density at radius 3 is 2.65 bits per heavy atom. The van der Waals surface area contributed by atoms with Gasteiger partial charge in [-0.05, 0) is 54.1 Å². The van der Waals surface area contributed by atoms with Gasteiger partial charge in [-0.25, -0.2) is 0 Å². The number of hydrogen-bond donors (Lipinski definition) is 0. The van der Waals surface area contributed by atoms with Crippen LogP contribution in [0.15, 0.2) is 47.8 Å². The number of hydrogen-bond acceptors (Lipinski definition) is 4. The van der Waals surface area contributed by atoms with Crippen LogP contribution in [0, 0.1) is 11.8 Å². The lowest BCUT2D eigenvalue weighted by Gasteiger charge is -2.06. The van der Waals surface area contributed by atoms with Crippen LogP contribution in [0.1, 0.15) is 11.3 Å². The van der Waals surface area contributed by atoms with Gasteiger partial charge in [-0.3, -0.25) is 4.98 Å². The summed E-state index contributed by atoms with van der Waals surface area (Å²) in [6, 6.07) is 10.6. The topological polar surface area (TPSA) is 51.5 Å². The van der Waals surface area contributed by atoms with Crippen LogP contribution in [0.4, 0.5) is 5.69 Å². The van der Waals surface area contributed by atoms with E-state index in [1.165, 1.54) is 0 Å². The number of ether oxygens (including phenoxy) is 1. The van der Waals surface area contributed by atoms with E-state index in [1.807, 2.05) is 19.1 Å². The zero-order chi connectivity index (χ0) is 12.1. The monoisotopic (exact) mass is 228 g/mol. The van der Waals surface area contributed by atoms with Crippen molar-refractivity contribution in [1.29, 1.82) is 0 Å². The molecule has 0 fully saturated rings. The standard InChI is InChI=1S/C13H12N2O2/c1-10-8-11(6-7-14-10)9-17-13-4-2-12(15-16)3-5-13/h2-8H,9H2,1H3. The number of rotatable bonds is 4. The third kappa shape index (κ3) is 3.11. The van der Waals surface area contributed by atoms with Gasteiger partial charge < -0.3 is 4.74 Å². The first kappa shape index (κ1) is 11.3. The number of aromatic nitrogens is 1. The summed E-state index contributed by atoms with van der Waals surface area (Å²) in [5.41, 5.74) is 2.43. The van der Waals surface area contributed by atoms with E-state index in [0.29, 0.717) is 18.0 Å². The van der Waals surface area contributed by atoms with Crippen molar-refractivity contribution in [2.45, 2.75) is 13.5 Å². The average Bonchev–Trinajstić information content (AvgIpc) is 2.37. The molecule has 86 valence electrons. The van der Waals surface area contributed by atoms with E-state index in [1.54, 1.807) is 30.5 Å². The van der Waals surface area contributed by atoms with E-state index in [9.17, 15) is 4.91 Å². The van der Waals surface area contributed by atoms with Crippen molar-refractivity contribution in [1.82, 2.24) is 4.98 Å². The molecule has 0 amide bonds. The molecule has 0 bridgehead atoms. The average molecular weight is 228 g/mol. The highest BCUT2D eigenvalue weighted by molar-refractivity contribution is 5.40. The quantitative estimate of drug-likeness (QED) is 0.754. The van der Waals surface area contributed by atoms with E-state index in [2.05, 4.69) is 10.2 Å². The van der Waals surface area contributed by atoms with Crippen molar-refractivity contribution in [3.63, 3.8) is 0 Å². The molecule has 4 heteroatoms. The summed E-state index contributed by atoms with van der Waals surface area (Å²) in [5.74, 6) is 0.715. The molecule has 2 rings (SSSR count). The summed E-state index contributed by atoms with van der Waals surface area (Å²) in [7, 11) is 0. The van der Waals surface area contributed by atoms with Gasteiger partial charge in [0.2, 0.25) is 0 Å². The van der Waals surface area contributed by atoms with Gasteiger partial charge in [0.25, 0.3) is 0 Å². The highest BCUT2D eigenvalue weighted by Crippen LogP contribution is 2.18. The third-order valence-electron chi connectivity index (χ3n) is 2.31. The van der Waals surface area contributed by atoms with E-state index in [-0.39, 0.29) is 0 Å². The second-order valence-corrected chi connectivity index (χ2v) is 3.68. The fraction of sp³-hybridized carbons (Fsp3) is 0.154. The Bertz CT molecular complexity index is 509. The first-order valence-electron chi connectivity index (χ1n) is 5.26. The lowest BCUT2D eigenvalue weighted by atomic mass is 10.2. The summed E-state index contributed by atoms with van der Waals surface area (Å²) < 4.78 is 5.58. The number of pyridine rings is 1. The molecule has 1 aromatic heterocycles. The van der Waals surface area contributed by atoms with E-state index >= 15 is 0 Å². The Morgan fingerprint density at radius 2 is 2.00 bits per heavy atom. The van der Waals surface area contributed by atoms with E-state index in [0.717, 1.165) is 11.3 Å². The predicted molar refractivity (Wildman–Crippen MR) is 65.2 cm³/mol. The molecule has 0 aliphatic carbocycles. The molecule has 1 aromatic carbocycles. The van der Waals surface area contributed by atoms with Gasteiger partial charge in [-0.15, -0.1) is 4.91 Å². The molecule has 0 spiro atoms. The SMILES string of the molecule is Cc1cc(COc2ccc(N=O)cc2)ccn1. The Hall–Kier alpha value is -2.23. The normalized spacial score (nSPS) is 9.94. The molecule has 0 atom stereocenters. The number of benzene rings is 1. The van der Waals surface area contributed by atoms with Gasteiger partial charge >= 0.3 is 0 Å². The number of aryl methyl sites for hydroxylation is 1. The minimum Gasteiger partial charge on any atom is -0.489 e. The van der Waals surface area contributed by atoms with E-state index < -0.39 is 0 Å². The van der Waals surface area contributed by atoms with Crippen LogP contribution < -0.4 is 4.74 Å². The van der Waals surface area contributed by atoms with Crippen molar-refractivity contribution in [3.8, 4) is 5.75 Å². The van der Waals surface area contributed by atoms with E-state index in [4.69, 9.17) is 4.74 Å². The lowest BCUT2D eigenvalue weighted by Crippen LogP contribution is -1.96. The number of nitrogens with zero attached hydrogens (tertiary/aromatic N) is 2. The third-order valence-corrected chi connectivity index (χ3v) is 2.31. The van der Waals surface area contributed by atoms with Gasteiger partial charge in [0.15, 0.2) is 0 Å². The zero-order valence-corrected chi connectivity index (χ0v) is 9.46. The molecule has 17 heavy (non-hydrogen) atoms. The summed E-state index contributed by atoms with van der Waals surface area (Å²) in [6.07, 6.45) is 1.76. The maximum absolute atomic E-state index is 10.2. The van der Waals surface area contributed by atoms with Gasteiger partial charge in [0.05, 0.1) is 0 Å². The minimum atomic E-state index is 0.400. The fourth-order valence-electron chi connectivity index (χ4n) is 1.46. The van der Waals surface area contributed by atoms with Gasteiger partial charge in [-0.2, -0.15) is 0 Å². The van der Waals surface area contributed by atoms with Crippen LogP contribution in [0.3, 0.4) is 0 Å². The maximum atomic E-state index is 10.2. The van der Waals surface area contributed by atoms with Crippen molar-refractivity contribution in [3.05, 3.63) is 58.8 Å². The van der Waals surface area contributed by atoms with Crippen molar-refractivity contribution in [2.24, 2.45) is 5.18 Å². The molecule has 0 saturated heterocycles. The van der Waals surface area contributed by atoms with Crippen LogP contribution in [-0.4, -0.2) is 4.98 Å². The van der Waals surface area contributed by atoms with Crippen molar-refractivity contribution >= 4 is 5.69 Å². The van der Waals surface area contributed by atoms with Crippen LogP contribution in [0.2, 0.25) is 0 Å². The molecule has 4 nitrogen and oxygen atoms in total. The van der Waals surface area contributed by atoms with Gasteiger partial charge in [0, 0.05) is 11.9 Å². The predicted octanol–water partition coefficient (Wildman–Crippen LogP) is 3.37. The largest absolute Gasteiger partial charge is 0.489 e. The maximum Gasteiger partial charge on any atom is 0.119 e. The molecule has 0 aliphatic rings. The van der Waals surface area contributed by atoms with Crippen LogP contribution in [0.25, 0.3) is 0 Å². The summed E-state index contributed by atoms with van der Waals surface area (Å²) in [5, 5.41) is 2.83. The Kier molecular flexibility index (Phi) is 3.45. The highest BCUT2D eigenvalue weighted by Gasteiger charge is 1.97. The molecule has 2 aromatic rings. The summed E-state index contributed by atoms with van der Waals surface area (Å²) >= 11 is 0. The zero-order valence-electron chi connectivity index (χ0n) is 9.46. The summed E-state index contributed by atoms with van der Waals surface area (Å²) in [4.78, 5) is 14.4. The van der Waals surface area contributed by atoms with Crippen LogP contribution in [-0.2, 0) is 6.61 Å². The number of nitroso groups, excluding NO2 is 1. The Balaban J connectivity index is 1.99. The first-order valence-corrected chi connectivity index (χ1v) is 5.26. The minimum absolute atomic E-state index is 0.400. The van der Waals surface area contributed by atoms with Gasteiger partial charge in [0.1, 0.15) is 18.0 Å². The molecule has 1 heterocycles. The van der Waals surface area contributed by atoms with Crippen molar-refractivity contribution in [2.75, 3.05) is 0 Å². The second kappa shape index (κ2) is 5.21. The highest BCUT2D eigenvalue weighted by atomic mass is 16.5. The van der Waals surface area contributed by atoms with Crippen LogP contribution in [0.5, 0.6) is 5.75 Å².